The standard InChI is InChI=1S/C22H26N4O2/c1-25(2)12-19(27)26-20(16-9-10-23-17-6-4-3-5-15(16)17)18-11-22(26,13-24-18)21(28)14-7-8-14/h3-6,9-10,14,18,20,24H,7-8,11-13H2,1-2H3. The van der Waals surface area contributed by atoms with Crippen LogP contribution in [0.4, 0.5) is 0 Å². The normalized spacial score (nSPS) is 29.0. The van der Waals surface area contributed by atoms with Gasteiger partial charge < -0.3 is 15.1 Å². The zero-order valence-corrected chi connectivity index (χ0v) is 16.4. The van der Waals surface area contributed by atoms with E-state index in [-0.39, 0.29) is 29.7 Å². The number of aromatic nitrogens is 1. The summed E-state index contributed by atoms with van der Waals surface area (Å²) in [6, 6.07) is 10.0. The zero-order valence-electron chi connectivity index (χ0n) is 16.4. The molecule has 1 aliphatic carbocycles. The van der Waals surface area contributed by atoms with Crippen LogP contribution in [-0.4, -0.2) is 65.2 Å². The Hall–Kier alpha value is -2.31. The first-order valence-corrected chi connectivity index (χ1v) is 10.1. The molecule has 2 aliphatic heterocycles. The number of likely N-dealkylation sites (tertiary alicyclic amines) is 1. The monoisotopic (exact) mass is 378 g/mol. The molecule has 1 aromatic carbocycles. The van der Waals surface area contributed by atoms with Gasteiger partial charge in [0, 0.05) is 30.1 Å². The summed E-state index contributed by atoms with van der Waals surface area (Å²) < 4.78 is 0. The van der Waals surface area contributed by atoms with E-state index in [2.05, 4.69) is 16.4 Å². The van der Waals surface area contributed by atoms with Crippen LogP contribution in [0.2, 0.25) is 0 Å². The van der Waals surface area contributed by atoms with Gasteiger partial charge in [0.25, 0.3) is 0 Å². The van der Waals surface area contributed by atoms with Crippen LogP contribution in [0.1, 0.15) is 30.9 Å². The third-order valence-corrected chi connectivity index (χ3v) is 6.46. The molecule has 3 unspecified atom stereocenters. The number of amides is 1. The van der Waals surface area contributed by atoms with Crippen molar-refractivity contribution in [1.82, 2.24) is 20.1 Å². The smallest absolute Gasteiger partial charge is 0.238 e. The number of likely N-dealkylation sites (N-methyl/N-ethyl adjacent to an activating group) is 1. The Bertz CT molecular complexity index is 949. The van der Waals surface area contributed by atoms with Crippen molar-refractivity contribution in [2.45, 2.75) is 36.9 Å². The first-order valence-electron chi connectivity index (χ1n) is 10.1. The molecule has 1 amide bonds. The van der Waals surface area contributed by atoms with Crippen molar-refractivity contribution in [3.05, 3.63) is 42.1 Å². The van der Waals surface area contributed by atoms with E-state index in [0.29, 0.717) is 19.5 Å². The molecule has 0 radical (unpaired) electrons. The molecule has 3 heterocycles. The van der Waals surface area contributed by atoms with Gasteiger partial charge in [-0.2, -0.15) is 0 Å². The summed E-state index contributed by atoms with van der Waals surface area (Å²) in [5.41, 5.74) is 1.30. The van der Waals surface area contributed by atoms with Crippen molar-refractivity contribution in [2.75, 3.05) is 27.2 Å². The van der Waals surface area contributed by atoms with Gasteiger partial charge in [-0.1, -0.05) is 18.2 Å². The molecule has 1 N–H and O–H groups in total. The van der Waals surface area contributed by atoms with Gasteiger partial charge >= 0.3 is 0 Å². The van der Waals surface area contributed by atoms with Crippen LogP contribution in [0, 0.1) is 5.92 Å². The molecule has 1 saturated carbocycles. The lowest BCUT2D eigenvalue weighted by Crippen LogP contribution is -2.62. The minimum absolute atomic E-state index is 0.0360. The van der Waals surface area contributed by atoms with Crippen molar-refractivity contribution in [2.24, 2.45) is 5.92 Å². The highest BCUT2D eigenvalue weighted by Gasteiger charge is 2.64. The fourth-order valence-electron chi connectivity index (χ4n) is 5.17. The van der Waals surface area contributed by atoms with Gasteiger partial charge in [0.1, 0.15) is 5.54 Å². The first-order chi connectivity index (χ1) is 13.5. The maximum atomic E-state index is 13.4. The highest BCUT2D eigenvalue weighted by molar-refractivity contribution is 5.98. The van der Waals surface area contributed by atoms with E-state index in [1.165, 1.54) is 0 Å². The van der Waals surface area contributed by atoms with E-state index in [9.17, 15) is 9.59 Å². The number of nitrogens with one attached hydrogen (secondary N) is 1. The molecule has 3 aliphatic rings. The number of para-hydroxylation sites is 1. The Labute approximate surface area is 164 Å². The molecule has 146 valence electrons. The topological polar surface area (TPSA) is 65.5 Å². The van der Waals surface area contributed by atoms with Gasteiger partial charge in [-0.25, -0.2) is 0 Å². The summed E-state index contributed by atoms with van der Waals surface area (Å²) in [5.74, 6) is 0.424. The first kappa shape index (κ1) is 17.8. The second kappa shape index (κ2) is 6.36. The van der Waals surface area contributed by atoms with Gasteiger partial charge in [-0.05, 0) is 51.1 Å². The SMILES string of the molecule is CN(C)CC(=O)N1C(c2ccnc3ccccc23)C2CC1(C(=O)C1CC1)CN2. The quantitative estimate of drug-likeness (QED) is 0.859. The highest BCUT2D eigenvalue weighted by Crippen LogP contribution is 2.51. The minimum Gasteiger partial charge on any atom is -0.319 e. The zero-order chi connectivity index (χ0) is 19.5. The fraction of sp³-hybridized carbons (Fsp3) is 0.500. The summed E-state index contributed by atoms with van der Waals surface area (Å²) in [7, 11) is 3.80. The molecule has 2 aromatic rings. The van der Waals surface area contributed by atoms with Gasteiger partial charge in [-0.3, -0.25) is 14.6 Å². The van der Waals surface area contributed by atoms with Crippen LogP contribution in [0.5, 0.6) is 0 Å². The van der Waals surface area contributed by atoms with E-state index in [4.69, 9.17) is 0 Å². The Morgan fingerprint density at radius 3 is 2.79 bits per heavy atom. The Morgan fingerprint density at radius 2 is 2.04 bits per heavy atom. The van der Waals surface area contributed by atoms with Crippen LogP contribution in [0.3, 0.4) is 0 Å². The maximum Gasteiger partial charge on any atom is 0.238 e. The lowest BCUT2D eigenvalue weighted by molar-refractivity contribution is -0.148. The Morgan fingerprint density at radius 1 is 1.25 bits per heavy atom. The van der Waals surface area contributed by atoms with E-state index in [0.717, 1.165) is 29.3 Å². The van der Waals surface area contributed by atoms with Crippen LogP contribution in [0.15, 0.2) is 36.5 Å². The number of Topliss-reactive ketones (excluding diaryl/α,β-unsaturated/α-hetero) is 1. The predicted octanol–water partition coefficient (Wildman–Crippen LogP) is 1.76. The molecule has 2 bridgehead atoms. The van der Waals surface area contributed by atoms with E-state index in [1.807, 2.05) is 54.4 Å². The Kier molecular flexibility index (Phi) is 4.03. The number of rotatable bonds is 5. The Balaban J connectivity index is 1.64. The van der Waals surface area contributed by atoms with Crippen molar-refractivity contribution in [3.8, 4) is 0 Å². The third-order valence-electron chi connectivity index (χ3n) is 6.46. The van der Waals surface area contributed by atoms with Gasteiger partial charge in [0.15, 0.2) is 5.78 Å². The van der Waals surface area contributed by atoms with Crippen LogP contribution in [-0.2, 0) is 9.59 Å². The van der Waals surface area contributed by atoms with Gasteiger partial charge in [0.2, 0.25) is 5.91 Å². The second-order valence-electron chi connectivity index (χ2n) is 8.73. The lowest BCUT2D eigenvalue weighted by Gasteiger charge is -2.43. The number of carbonyl (C=O) groups excluding carboxylic acids is 2. The third kappa shape index (κ3) is 2.58. The molecule has 1 aromatic heterocycles. The summed E-state index contributed by atoms with van der Waals surface area (Å²) in [6.07, 6.45) is 4.45. The van der Waals surface area contributed by atoms with Crippen molar-refractivity contribution >= 4 is 22.6 Å². The molecule has 5 rings (SSSR count). The van der Waals surface area contributed by atoms with E-state index >= 15 is 0 Å². The van der Waals surface area contributed by atoms with Crippen LogP contribution < -0.4 is 5.32 Å². The second-order valence-corrected chi connectivity index (χ2v) is 8.73. The van der Waals surface area contributed by atoms with E-state index in [1.54, 1.807) is 0 Å². The molecule has 6 heteroatoms. The van der Waals surface area contributed by atoms with Crippen LogP contribution in [0.25, 0.3) is 10.9 Å². The molecular weight excluding hydrogens is 352 g/mol. The highest BCUT2D eigenvalue weighted by atomic mass is 16.2. The number of pyridine rings is 1. The number of benzene rings is 1. The molecule has 0 spiro atoms. The minimum atomic E-state index is -0.700. The number of hydrogen-bond acceptors (Lipinski definition) is 5. The van der Waals surface area contributed by atoms with Gasteiger partial charge in [-0.15, -0.1) is 0 Å². The number of fused-ring (bicyclic) bond motifs is 3. The summed E-state index contributed by atoms with van der Waals surface area (Å²) >= 11 is 0. The average molecular weight is 378 g/mol. The van der Waals surface area contributed by atoms with Crippen molar-refractivity contribution in [3.63, 3.8) is 0 Å². The number of nitrogens with zero attached hydrogens (tertiary/aromatic N) is 3. The average Bonchev–Trinajstić information content (AvgIpc) is 3.37. The summed E-state index contributed by atoms with van der Waals surface area (Å²) in [5, 5.41) is 4.62. The van der Waals surface area contributed by atoms with Crippen molar-refractivity contribution in [1.29, 1.82) is 0 Å². The molecule has 28 heavy (non-hydrogen) atoms. The molecule has 3 atom stereocenters. The molecule has 6 nitrogen and oxygen atoms in total. The molecule has 2 saturated heterocycles. The number of ketones is 1. The number of carbonyl (C=O) groups is 2. The summed E-state index contributed by atoms with van der Waals surface area (Å²) in [6.45, 7) is 0.887. The van der Waals surface area contributed by atoms with Crippen molar-refractivity contribution < 1.29 is 9.59 Å². The number of hydrogen-bond donors (Lipinski definition) is 1. The fourth-order valence-corrected chi connectivity index (χ4v) is 5.17. The maximum absolute atomic E-state index is 13.4. The van der Waals surface area contributed by atoms with Gasteiger partial charge in [0.05, 0.1) is 18.1 Å². The lowest BCUT2D eigenvalue weighted by atomic mass is 9.89. The molecule has 3 fully saturated rings. The predicted molar refractivity (Wildman–Crippen MR) is 107 cm³/mol. The van der Waals surface area contributed by atoms with Crippen LogP contribution >= 0.6 is 0 Å². The summed E-state index contributed by atoms with van der Waals surface area (Å²) in [4.78, 5) is 35.1. The van der Waals surface area contributed by atoms with E-state index < -0.39 is 5.54 Å². The number of piperazine rings is 1. The molecular formula is C22H26N4O2. The largest absolute Gasteiger partial charge is 0.319 e.